The zero-order valence-electron chi connectivity index (χ0n) is 17.1. The number of rotatable bonds is 7. The van der Waals surface area contributed by atoms with Crippen LogP contribution in [0.15, 0.2) is 95.3 Å². The van der Waals surface area contributed by atoms with Crippen molar-refractivity contribution in [2.24, 2.45) is 0 Å². The Bertz CT molecular complexity index is 1100. The summed E-state index contributed by atoms with van der Waals surface area (Å²) in [6, 6.07) is 23.5. The Morgan fingerprint density at radius 1 is 0.903 bits per heavy atom. The van der Waals surface area contributed by atoms with Gasteiger partial charge in [-0.25, -0.2) is 4.39 Å². The summed E-state index contributed by atoms with van der Waals surface area (Å²) in [4.78, 5) is 0. The predicted octanol–water partition coefficient (Wildman–Crippen LogP) is 6.48. The minimum atomic E-state index is -0.352. The van der Waals surface area contributed by atoms with Gasteiger partial charge in [-0.1, -0.05) is 66.7 Å². The van der Waals surface area contributed by atoms with Crippen LogP contribution in [0.5, 0.6) is 0 Å². The fourth-order valence-corrected chi connectivity index (χ4v) is 3.81. The monoisotopic (exact) mass is 479 g/mol. The Balaban J connectivity index is 1.58. The fourth-order valence-electron chi connectivity index (χ4n) is 3.38. The summed E-state index contributed by atoms with van der Waals surface area (Å²) in [6.07, 6.45) is 3.50. The van der Waals surface area contributed by atoms with Crippen molar-refractivity contribution in [1.29, 1.82) is 0 Å². The standard InChI is InChI=1S/C26H23BrFNO2/c1-18-21(12-14-23(27)25(18)28)22-13-15-24(30-16-19-8-4-2-5-9-19)29-26(22)31-17-20-10-6-3-7-11-20/h2-15,24,29H,16-17H2,1H3. The fraction of sp³-hybridized carbons (Fsp3) is 0.154. The lowest BCUT2D eigenvalue weighted by molar-refractivity contribution is 0.0360. The van der Waals surface area contributed by atoms with Crippen molar-refractivity contribution < 1.29 is 13.9 Å². The summed E-state index contributed by atoms with van der Waals surface area (Å²) in [5, 5.41) is 3.32. The summed E-state index contributed by atoms with van der Waals surface area (Å²) in [7, 11) is 0. The molecule has 0 aromatic heterocycles. The lowest BCUT2D eigenvalue weighted by atomic mass is 9.98. The molecular weight excluding hydrogens is 457 g/mol. The van der Waals surface area contributed by atoms with Crippen LogP contribution in [-0.4, -0.2) is 6.23 Å². The zero-order valence-corrected chi connectivity index (χ0v) is 18.7. The van der Waals surface area contributed by atoms with Crippen LogP contribution in [0, 0.1) is 12.7 Å². The van der Waals surface area contributed by atoms with Crippen molar-refractivity contribution in [1.82, 2.24) is 5.32 Å². The highest BCUT2D eigenvalue weighted by Crippen LogP contribution is 2.31. The first kappa shape index (κ1) is 21.3. The third-order valence-electron chi connectivity index (χ3n) is 5.08. The lowest BCUT2D eigenvalue weighted by Crippen LogP contribution is -2.33. The van der Waals surface area contributed by atoms with Crippen LogP contribution in [-0.2, 0) is 22.7 Å². The molecule has 1 atom stereocenters. The number of benzene rings is 3. The molecule has 158 valence electrons. The summed E-state index contributed by atoms with van der Waals surface area (Å²) in [6.45, 7) is 2.63. The molecule has 0 aliphatic carbocycles. The summed E-state index contributed by atoms with van der Waals surface area (Å²) >= 11 is 3.26. The molecule has 1 aliphatic heterocycles. The highest BCUT2D eigenvalue weighted by molar-refractivity contribution is 9.10. The molecule has 0 radical (unpaired) electrons. The Labute approximate surface area is 190 Å². The zero-order chi connectivity index (χ0) is 21.6. The molecule has 31 heavy (non-hydrogen) atoms. The van der Waals surface area contributed by atoms with Crippen molar-refractivity contribution in [3.8, 4) is 0 Å². The molecule has 5 heteroatoms. The van der Waals surface area contributed by atoms with E-state index in [4.69, 9.17) is 9.47 Å². The topological polar surface area (TPSA) is 30.5 Å². The lowest BCUT2D eigenvalue weighted by Gasteiger charge is -2.26. The van der Waals surface area contributed by atoms with Gasteiger partial charge in [-0.05, 0) is 63.3 Å². The molecule has 1 N–H and O–H groups in total. The normalized spacial score (nSPS) is 15.6. The molecule has 1 unspecified atom stereocenters. The van der Waals surface area contributed by atoms with E-state index in [1.54, 1.807) is 13.0 Å². The highest BCUT2D eigenvalue weighted by atomic mass is 79.9. The predicted molar refractivity (Wildman–Crippen MR) is 124 cm³/mol. The van der Waals surface area contributed by atoms with E-state index in [9.17, 15) is 4.39 Å². The average Bonchev–Trinajstić information content (AvgIpc) is 2.82. The molecule has 0 fully saturated rings. The van der Waals surface area contributed by atoms with E-state index in [2.05, 4.69) is 21.2 Å². The molecule has 4 rings (SSSR count). The molecule has 1 heterocycles. The van der Waals surface area contributed by atoms with E-state index in [1.807, 2.05) is 78.9 Å². The highest BCUT2D eigenvalue weighted by Gasteiger charge is 2.21. The number of ether oxygens (including phenoxy) is 2. The van der Waals surface area contributed by atoms with Crippen LogP contribution in [0.4, 0.5) is 4.39 Å². The van der Waals surface area contributed by atoms with Gasteiger partial charge in [0.05, 0.1) is 11.1 Å². The van der Waals surface area contributed by atoms with Crippen molar-refractivity contribution in [2.45, 2.75) is 26.4 Å². The van der Waals surface area contributed by atoms with Crippen molar-refractivity contribution in [3.05, 3.63) is 123 Å². The maximum Gasteiger partial charge on any atom is 0.197 e. The van der Waals surface area contributed by atoms with Crippen LogP contribution in [0.3, 0.4) is 0 Å². The Hall–Kier alpha value is -2.89. The van der Waals surface area contributed by atoms with Crippen LogP contribution >= 0.6 is 15.9 Å². The smallest absolute Gasteiger partial charge is 0.197 e. The van der Waals surface area contributed by atoms with E-state index in [1.165, 1.54) is 0 Å². The van der Waals surface area contributed by atoms with Crippen LogP contribution < -0.4 is 5.32 Å². The van der Waals surface area contributed by atoms with Gasteiger partial charge < -0.3 is 14.8 Å². The molecule has 0 amide bonds. The van der Waals surface area contributed by atoms with Crippen LogP contribution in [0.2, 0.25) is 0 Å². The molecule has 3 aromatic rings. The SMILES string of the molecule is Cc1c(C2=C(OCc3ccccc3)NC(OCc3ccccc3)C=C2)ccc(Br)c1F. The Morgan fingerprint density at radius 2 is 1.55 bits per heavy atom. The van der Waals surface area contributed by atoms with Gasteiger partial charge in [-0.2, -0.15) is 0 Å². The van der Waals surface area contributed by atoms with E-state index in [0.717, 1.165) is 22.3 Å². The Kier molecular flexibility index (Phi) is 6.85. The van der Waals surface area contributed by atoms with Crippen molar-refractivity contribution in [3.63, 3.8) is 0 Å². The van der Waals surface area contributed by atoms with Gasteiger partial charge in [0.1, 0.15) is 18.7 Å². The molecular formula is C26H23BrFNO2. The maximum absolute atomic E-state index is 14.5. The largest absolute Gasteiger partial charge is 0.474 e. The first-order valence-electron chi connectivity index (χ1n) is 10.1. The van der Waals surface area contributed by atoms with E-state index >= 15 is 0 Å². The summed E-state index contributed by atoms with van der Waals surface area (Å²) in [5.41, 5.74) is 4.25. The van der Waals surface area contributed by atoms with E-state index in [-0.39, 0.29) is 12.0 Å². The van der Waals surface area contributed by atoms with Gasteiger partial charge in [-0.3, -0.25) is 0 Å². The van der Waals surface area contributed by atoms with Crippen molar-refractivity contribution >= 4 is 21.5 Å². The number of allylic oxidation sites excluding steroid dienone is 2. The first-order valence-corrected chi connectivity index (χ1v) is 10.9. The summed E-state index contributed by atoms with van der Waals surface area (Å²) in [5.74, 6) is 0.289. The van der Waals surface area contributed by atoms with Crippen LogP contribution in [0.25, 0.3) is 5.57 Å². The molecule has 0 spiro atoms. The second-order valence-corrected chi connectivity index (χ2v) is 8.13. The number of dihydropyridines is 1. The van der Waals surface area contributed by atoms with Gasteiger partial charge in [0.15, 0.2) is 5.88 Å². The second-order valence-electron chi connectivity index (χ2n) is 7.27. The third kappa shape index (κ3) is 5.24. The number of hydrogen-bond donors (Lipinski definition) is 1. The number of halogens is 2. The van der Waals surface area contributed by atoms with Gasteiger partial charge in [0, 0.05) is 5.57 Å². The third-order valence-corrected chi connectivity index (χ3v) is 5.70. The average molecular weight is 480 g/mol. The molecule has 3 nitrogen and oxygen atoms in total. The molecule has 0 bridgehead atoms. The van der Waals surface area contributed by atoms with Gasteiger partial charge in [0.25, 0.3) is 0 Å². The molecule has 3 aromatic carbocycles. The minimum Gasteiger partial charge on any atom is -0.474 e. The van der Waals surface area contributed by atoms with Gasteiger partial charge in [-0.15, -0.1) is 0 Å². The van der Waals surface area contributed by atoms with Gasteiger partial charge >= 0.3 is 0 Å². The number of nitrogens with one attached hydrogen (secondary N) is 1. The molecule has 1 aliphatic rings. The Morgan fingerprint density at radius 3 is 2.23 bits per heavy atom. The summed E-state index contributed by atoms with van der Waals surface area (Å²) < 4.78 is 27.1. The molecule has 0 saturated carbocycles. The van der Waals surface area contributed by atoms with E-state index in [0.29, 0.717) is 29.1 Å². The van der Waals surface area contributed by atoms with Crippen LogP contribution in [0.1, 0.15) is 22.3 Å². The molecule has 0 saturated heterocycles. The van der Waals surface area contributed by atoms with Gasteiger partial charge in [0.2, 0.25) is 0 Å². The van der Waals surface area contributed by atoms with E-state index < -0.39 is 0 Å². The van der Waals surface area contributed by atoms with Crippen molar-refractivity contribution in [2.75, 3.05) is 0 Å². The first-order chi connectivity index (χ1) is 15.1. The second kappa shape index (κ2) is 9.94. The maximum atomic E-state index is 14.5. The minimum absolute atomic E-state index is 0.275. The number of hydrogen-bond acceptors (Lipinski definition) is 3. The quantitative estimate of drug-likeness (QED) is 0.420.